The largest absolute Gasteiger partial charge is 0.326 e. The number of nitrogens with one attached hydrogen (secondary N) is 2. The van der Waals surface area contributed by atoms with Crippen LogP contribution < -0.4 is 10.0 Å². The number of rotatable bonds is 5. The van der Waals surface area contributed by atoms with E-state index < -0.39 is 15.9 Å². The molecule has 0 aliphatic rings. The average Bonchev–Trinajstić information content (AvgIpc) is 2.55. The molecule has 0 heterocycles. The van der Waals surface area contributed by atoms with Crippen molar-refractivity contribution in [3.05, 3.63) is 59.1 Å². The number of carbonyl (C=O) groups excluding carboxylic acids is 2. The normalized spacial score (nSPS) is 10.9. The highest BCUT2D eigenvalue weighted by atomic mass is 35.5. The third kappa shape index (κ3) is 4.33. The standard InChI is InChI=1S/C16H15ClN2O4S/c1-2-15(20)18-11-7-9-12(10-8-11)24(22,23)19-16(21)13-5-3-4-6-14(13)17/h3-10H,2H2,1H3,(H,18,20)(H,19,21). The second-order valence-corrected chi connectivity index (χ2v) is 6.93. The van der Waals surface area contributed by atoms with Crippen molar-refractivity contribution in [2.24, 2.45) is 0 Å². The van der Waals surface area contributed by atoms with Crippen LogP contribution >= 0.6 is 11.6 Å². The summed E-state index contributed by atoms with van der Waals surface area (Å²) in [6, 6.07) is 11.6. The van der Waals surface area contributed by atoms with Crippen molar-refractivity contribution in [3.8, 4) is 0 Å². The molecule has 0 saturated carbocycles. The number of amides is 2. The van der Waals surface area contributed by atoms with Crippen molar-refractivity contribution in [2.75, 3.05) is 5.32 Å². The molecule has 0 aromatic heterocycles. The minimum Gasteiger partial charge on any atom is -0.326 e. The van der Waals surface area contributed by atoms with Gasteiger partial charge in [0.2, 0.25) is 5.91 Å². The van der Waals surface area contributed by atoms with E-state index in [2.05, 4.69) is 5.32 Å². The van der Waals surface area contributed by atoms with E-state index in [4.69, 9.17) is 11.6 Å². The van der Waals surface area contributed by atoms with Crippen molar-refractivity contribution in [1.82, 2.24) is 4.72 Å². The van der Waals surface area contributed by atoms with E-state index in [1.54, 1.807) is 19.1 Å². The quantitative estimate of drug-likeness (QED) is 0.851. The molecule has 0 aliphatic carbocycles. The molecule has 2 aromatic carbocycles. The van der Waals surface area contributed by atoms with Gasteiger partial charge in [0, 0.05) is 12.1 Å². The summed E-state index contributed by atoms with van der Waals surface area (Å²) in [7, 11) is -4.05. The Bertz CT molecular complexity index is 864. The van der Waals surface area contributed by atoms with Crippen molar-refractivity contribution in [2.45, 2.75) is 18.2 Å². The molecular formula is C16H15ClN2O4S. The van der Waals surface area contributed by atoms with Crippen LogP contribution in [-0.4, -0.2) is 20.2 Å². The van der Waals surface area contributed by atoms with Crippen LogP contribution in [0.2, 0.25) is 5.02 Å². The highest BCUT2D eigenvalue weighted by Crippen LogP contribution is 2.17. The lowest BCUT2D eigenvalue weighted by Crippen LogP contribution is -2.30. The fraction of sp³-hybridized carbons (Fsp3) is 0.125. The maximum Gasteiger partial charge on any atom is 0.266 e. The molecule has 0 bridgehead atoms. The first kappa shape index (κ1) is 18.0. The molecule has 0 fully saturated rings. The summed E-state index contributed by atoms with van der Waals surface area (Å²) in [4.78, 5) is 23.3. The molecule has 2 amide bonds. The van der Waals surface area contributed by atoms with Gasteiger partial charge < -0.3 is 5.32 Å². The van der Waals surface area contributed by atoms with Crippen LogP contribution in [0.15, 0.2) is 53.4 Å². The Kier molecular flexibility index (Phi) is 5.58. The van der Waals surface area contributed by atoms with Gasteiger partial charge in [0.05, 0.1) is 15.5 Å². The Hall–Kier alpha value is -2.38. The summed E-state index contributed by atoms with van der Waals surface area (Å²) in [5.74, 6) is -0.999. The van der Waals surface area contributed by atoms with Crippen LogP contribution in [0.3, 0.4) is 0 Å². The predicted octanol–water partition coefficient (Wildman–Crippen LogP) is 2.81. The Labute approximate surface area is 144 Å². The van der Waals surface area contributed by atoms with E-state index in [0.29, 0.717) is 12.1 Å². The third-order valence-corrected chi connectivity index (χ3v) is 4.79. The number of hydrogen-bond acceptors (Lipinski definition) is 4. The number of sulfonamides is 1. The van der Waals surface area contributed by atoms with E-state index in [-0.39, 0.29) is 21.4 Å². The first-order chi connectivity index (χ1) is 11.3. The van der Waals surface area contributed by atoms with Gasteiger partial charge in [-0.25, -0.2) is 13.1 Å². The van der Waals surface area contributed by atoms with Crippen LogP contribution in [0.1, 0.15) is 23.7 Å². The maximum atomic E-state index is 12.3. The fourth-order valence-electron chi connectivity index (χ4n) is 1.85. The van der Waals surface area contributed by atoms with Gasteiger partial charge in [-0.1, -0.05) is 30.7 Å². The van der Waals surface area contributed by atoms with Gasteiger partial charge in [0.25, 0.3) is 15.9 Å². The zero-order valence-corrected chi connectivity index (χ0v) is 14.3. The highest BCUT2D eigenvalue weighted by molar-refractivity contribution is 7.90. The molecule has 2 rings (SSSR count). The molecule has 8 heteroatoms. The number of hydrogen-bond donors (Lipinski definition) is 2. The maximum absolute atomic E-state index is 12.3. The number of benzene rings is 2. The predicted molar refractivity (Wildman–Crippen MR) is 91.5 cm³/mol. The van der Waals surface area contributed by atoms with Gasteiger partial charge in [0.1, 0.15) is 0 Å². The summed E-state index contributed by atoms with van der Waals surface area (Å²) in [5, 5.41) is 2.76. The van der Waals surface area contributed by atoms with Crippen molar-refractivity contribution in [3.63, 3.8) is 0 Å². The van der Waals surface area contributed by atoms with Crippen LogP contribution in [0.25, 0.3) is 0 Å². The van der Waals surface area contributed by atoms with Gasteiger partial charge in [-0.15, -0.1) is 0 Å². The first-order valence-corrected chi connectivity index (χ1v) is 8.91. The van der Waals surface area contributed by atoms with Gasteiger partial charge in [-0.2, -0.15) is 0 Å². The van der Waals surface area contributed by atoms with Crippen LogP contribution in [0, 0.1) is 0 Å². The van der Waals surface area contributed by atoms with Crippen molar-refractivity contribution >= 4 is 39.1 Å². The van der Waals surface area contributed by atoms with E-state index >= 15 is 0 Å². The Balaban J connectivity index is 2.17. The summed E-state index contributed by atoms with van der Waals surface area (Å²) in [6.07, 6.45) is 0.313. The van der Waals surface area contributed by atoms with Gasteiger partial charge in [-0.05, 0) is 36.4 Å². The minimum atomic E-state index is -4.05. The smallest absolute Gasteiger partial charge is 0.266 e. The molecule has 24 heavy (non-hydrogen) atoms. The SMILES string of the molecule is CCC(=O)Nc1ccc(S(=O)(=O)NC(=O)c2ccccc2Cl)cc1. The van der Waals surface area contributed by atoms with Crippen molar-refractivity contribution in [1.29, 1.82) is 0 Å². The second kappa shape index (κ2) is 7.46. The molecule has 0 atom stereocenters. The lowest BCUT2D eigenvalue weighted by atomic mass is 10.2. The van der Waals surface area contributed by atoms with E-state index in [0.717, 1.165) is 0 Å². The van der Waals surface area contributed by atoms with Gasteiger partial charge >= 0.3 is 0 Å². The fourth-order valence-corrected chi connectivity index (χ4v) is 3.04. The first-order valence-electron chi connectivity index (χ1n) is 7.05. The molecule has 2 N–H and O–H groups in total. The number of halogens is 1. The highest BCUT2D eigenvalue weighted by Gasteiger charge is 2.20. The molecule has 126 valence electrons. The van der Waals surface area contributed by atoms with E-state index in [1.807, 2.05) is 4.72 Å². The Morgan fingerprint density at radius 3 is 2.25 bits per heavy atom. The van der Waals surface area contributed by atoms with Gasteiger partial charge in [0.15, 0.2) is 0 Å². The molecule has 0 spiro atoms. The number of carbonyl (C=O) groups is 2. The van der Waals surface area contributed by atoms with E-state index in [1.165, 1.54) is 36.4 Å². The van der Waals surface area contributed by atoms with Crippen LogP contribution in [0.4, 0.5) is 5.69 Å². The Morgan fingerprint density at radius 1 is 1.04 bits per heavy atom. The zero-order valence-electron chi connectivity index (χ0n) is 12.7. The summed E-state index contributed by atoms with van der Waals surface area (Å²) in [6.45, 7) is 1.71. The van der Waals surface area contributed by atoms with Crippen LogP contribution in [-0.2, 0) is 14.8 Å². The topological polar surface area (TPSA) is 92.3 Å². The molecule has 0 aliphatic heterocycles. The minimum absolute atomic E-state index is 0.0644. The van der Waals surface area contributed by atoms with E-state index in [9.17, 15) is 18.0 Å². The lowest BCUT2D eigenvalue weighted by molar-refractivity contribution is -0.115. The molecule has 0 saturated heterocycles. The summed E-state index contributed by atoms with van der Waals surface area (Å²) < 4.78 is 26.5. The molecule has 0 radical (unpaired) electrons. The van der Waals surface area contributed by atoms with Crippen molar-refractivity contribution < 1.29 is 18.0 Å². The molecule has 6 nitrogen and oxygen atoms in total. The summed E-state index contributed by atoms with van der Waals surface area (Å²) in [5.41, 5.74) is 0.535. The van der Waals surface area contributed by atoms with Crippen LogP contribution in [0.5, 0.6) is 0 Å². The molecular weight excluding hydrogens is 352 g/mol. The second-order valence-electron chi connectivity index (χ2n) is 4.84. The zero-order chi connectivity index (χ0) is 17.7. The molecule has 0 unspecified atom stereocenters. The number of anilines is 1. The third-order valence-electron chi connectivity index (χ3n) is 3.12. The lowest BCUT2D eigenvalue weighted by Gasteiger charge is -2.09. The Morgan fingerprint density at radius 2 is 1.67 bits per heavy atom. The molecule has 2 aromatic rings. The monoisotopic (exact) mass is 366 g/mol. The average molecular weight is 367 g/mol. The summed E-state index contributed by atoms with van der Waals surface area (Å²) >= 11 is 5.88. The van der Waals surface area contributed by atoms with Gasteiger partial charge in [-0.3, -0.25) is 9.59 Å².